The van der Waals surface area contributed by atoms with Crippen molar-refractivity contribution in [1.82, 2.24) is 4.98 Å². The van der Waals surface area contributed by atoms with E-state index in [0.29, 0.717) is 21.7 Å². The molecule has 0 unspecified atom stereocenters. The molecule has 1 heterocycles. The first-order chi connectivity index (χ1) is 8.06. The average Bonchev–Trinajstić information content (AvgIpc) is 2.25. The van der Waals surface area contributed by atoms with E-state index >= 15 is 0 Å². The van der Waals surface area contributed by atoms with Gasteiger partial charge in [0.05, 0.1) is 22.0 Å². The van der Waals surface area contributed by atoms with E-state index in [-0.39, 0.29) is 5.82 Å². The van der Waals surface area contributed by atoms with Crippen LogP contribution in [0.25, 0.3) is 0 Å². The number of rotatable bonds is 2. The van der Waals surface area contributed by atoms with Gasteiger partial charge >= 0.3 is 0 Å². The van der Waals surface area contributed by atoms with Gasteiger partial charge in [-0.15, -0.1) is 0 Å². The van der Waals surface area contributed by atoms with Crippen molar-refractivity contribution >= 4 is 33.1 Å². The van der Waals surface area contributed by atoms with Crippen LogP contribution in [0.5, 0.6) is 0 Å². The minimum Gasteiger partial charge on any atom is -0.397 e. The zero-order valence-electron chi connectivity index (χ0n) is 9.17. The summed E-state index contributed by atoms with van der Waals surface area (Å²) in [5.74, 6) is 0.220. The summed E-state index contributed by atoms with van der Waals surface area (Å²) < 4.78 is 14.3. The molecule has 0 atom stereocenters. The van der Waals surface area contributed by atoms with Crippen molar-refractivity contribution in [2.45, 2.75) is 6.92 Å². The Bertz CT molecular complexity index is 508. The van der Waals surface area contributed by atoms with Crippen molar-refractivity contribution in [3.05, 3.63) is 46.3 Å². The van der Waals surface area contributed by atoms with Crippen LogP contribution in [0.2, 0.25) is 0 Å². The van der Waals surface area contributed by atoms with Gasteiger partial charge in [0.2, 0.25) is 0 Å². The molecule has 0 spiro atoms. The van der Waals surface area contributed by atoms with Crippen LogP contribution in [0, 0.1) is 12.7 Å². The first kappa shape index (κ1) is 11.9. The molecular weight excluding hydrogens is 285 g/mol. The second kappa shape index (κ2) is 4.71. The third-order valence-electron chi connectivity index (χ3n) is 2.24. The number of hydrogen-bond acceptors (Lipinski definition) is 3. The number of hydrogen-bond donors (Lipinski definition) is 2. The van der Waals surface area contributed by atoms with Crippen molar-refractivity contribution in [3.63, 3.8) is 0 Å². The van der Waals surface area contributed by atoms with Crippen molar-refractivity contribution in [1.29, 1.82) is 0 Å². The summed E-state index contributed by atoms with van der Waals surface area (Å²) >= 11 is 3.32. The maximum absolute atomic E-state index is 13.6. The van der Waals surface area contributed by atoms with Gasteiger partial charge in [0, 0.05) is 0 Å². The van der Waals surface area contributed by atoms with Gasteiger partial charge in [0.1, 0.15) is 11.6 Å². The van der Waals surface area contributed by atoms with E-state index in [2.05, 4.69) is 26.2 Å². The number of aryl methyl sites for hydroxylation is 1. The Labute approximate surface area is 107 Å². The van der Waals surface area contributed by atoms with Crippen LogP contribution >= 0.6 is 15.9 Å². The van der Waals surface area contributed by atoms with Gasteiger partial charge in [-0.3, -0.25) is 0 Å². The monoisotopic (exact) mass is 295 g/mol. The molecule has 3 N–H and O–H groups in total. The fraction of sp³-hybridized carbons (Fsp3) is 0.0833. The SMILES string of the molecule is Cc1ccc(Nc2ncc(N)cc2Br)c(F)c1. The lowest BCUT2D eigenvalue weighted by Gasteiger charge is -2.09. The number of nitrogen functional groups attached to an aromatic ring is 1. The second-order valence-corrected chi connectivity index (χ2v) is 4.56. The summed E-state index contributed by atoms with van der Waals surface area (Å²) in [5, 5.41) is 2.91. The van der Waals surface area contributed by atoms with Gasteiger partial charge in [-0.25, -0.2) is 9.37 Å². The molecule has 0 aliphatic rings. The summed E-state index contributed by atoms with van der Waals surface area (Å²) in [6, 6.07) is 6.68. The van der Waals surface area contributed by atoms with Crippen LogP contribution in [0.3, 0.4) is 0 Å². The quantitative estimate of drug-likeness (QED) is 0.890. The molecule has 88 valence electrons. The van der Waals surface area contributed by atoms with Gasteiger partial charge in [0.25, 0.3) is 0 Å². The van der Waals surface area contributed by atoms with Crippen molar-refractivity contribution in [2.24, 2.45) is 0 Å². The molecule has 2 rings (SSSR count). The minimum atomic E-state index is -0.310. The molecule has 0 radical (unpaired) electrons. The molecular formula is C12H11BrFN3. The number of nitrogens with two attached hydrogens (primary N) is 1. The van der Waals surface area contributed by atoms with Gasteiger partial charge in [-0.1, -0.05) is 6.07 Å². The third kappa shape index (κ3) is 2.74. The highest BCUT2D eigenvalue weighted by atomic mass is 79.9. The zero-order valence-corrected chi connectivity index (χ0v) is 10.8. The third-order valence-corrected chi connectivity index (χ3v) is 2.84. The van der Waals surface area contributed by atoms with E-state index in [0.717, 1.165) is 5.56 Å². The van der Waals surface area contributed by atoms with Gasteiger partial charge in [0.15, 0.2) is 0 Å². The Hall–Kier alpha value is -1.62. The highest BCUT2D eigenvalue weighted by molar-refractivity contribution is 9.10. The molecule has 0 aliphatic carbocycles. The van der Waals surface area contributed by atoms with E-state index < -0.39 is 0 Å². The molecule has 0 bridgehead atoms. The van der Waals surface area contributed by atoms with Gasteiger partial charge < -0.3 is 11.1 Å². The van der Waals surface area contributed by atoms with E-state index in [1.54, 1.807) is 12.1 Å². The van der Waals surface area contributed by atoms with Crippen molar-refractivity contribution in [3.8, 4) is 0 Å². The minimum absolute atomic E-state index is 0.310. The maximum atomic E-state index is 13.6. The number of nitrogens with one attached hydrogen (secondary N) is 1. The number of benzene rings is 1. The molecule has 0 amide bonds. The number of halogens is 2. The second-order valence-electron chi connectivity index (χ2n) is 3.71. The topological polar surface area (TPSA) is 50.9 Å². The molecule has 1 aromatic carbocycles. The smallest absolute Gasteiger partial charge is 0.146 e. The summed E-state index contributed by atoms with van der Waals surface area (Å²) in [5.41, 5.74) is 7.38. The summed E-state index contributed by atoms with van der Waals surface area (Å²) in [6.07, 6.45) is 1.51. The van der Waals surface area contributed by atoms with Crippen LogP contribution in [-0.4, -0.2) is 4.98 Å². The Morgan fingerprint density at radius 2 is 2.12 bits per heavy atom. The van der Waals surface area contributed by atoms with Crippen LogP contribution in [0.4, 0.5) is 21.6 Å². The van der Waals surface area contributed by atoms with E-state index in [1.165, 1.54) is 12.3 Å². The number of nitrogens with zero attached hydrogens (tertiary/aromatic N) is 1. The number of pyridine rings is 1. The van der Waals surface area contributed by atoms with Crippen LogP contribution in [0.15, 0.2) is 34.9 Å². The average molecular weight is 296 g/mol. The van der Waals surface area contributed by atoms with Crippen LogP contribution in [0.1, 0.15) is 5.56 Å². The Morgan fingerprint density at radius 3 is 2.76 bits per heavy atom. The lowest BCUT2D eigenvalue weighted by Crippen LogP contribution is -1.98. The maximum Gasteiger partial charge on any atom is 0.146 e. The lowest BCUT2D eigenvalue weighted by atomic mass is 10.2. The fourth-order valence-corrected chi connectivity index (χ4v) is 1.86. The Balaban J connectivity index is 2.31. The molecule has 5 heteroatoms. The van der Waals surface area contributed by atoms with Crippen LogP contribution < -0.4 is 11.1 Å². The largest absolute Gasteiger partial charge is 0.397 e. The first-order valence-electron chi connectivity index (χ1n) is 5.00. The predicted molar refractivity (Wildman–Crippen MR) is 70.8 cm³/mol. The molecule has 0 saturated carbocycles. The lowest BCUT2D eigenvalue weighted by molar-refractivity contribution is 0.630. The van der Waals surface area contributed by atoms with Crippen LogP contribution in [-0.2, 0) is 0 Å². The zero-order chi connectivity index (χ0) is 12.4. The number of aromatic nitrogens is 1. The molecule has 0 aliphatic heterocycles. The molecule has 0 saturated heterocycles. The standard InChI is InChI=1S/C12H11BrFN3/c1-7-2-3-11(10(14)4-7)17-12-9(13)5-8(15)6-16-12/h2-6H,15H2,1H3,(H,16,17). The molecule has 2 aromatic rings. The molecule has 1 aromatic heterocycles. The highest BCUT2D eigenvalue weighted by Crippen LogP contribution is 2.26. The number of anilines is 3. The Morgan fingerprint density at radius 1 is 1.35 bits per heavy atom. The summed E-state index contributed by atoms with van der Waals surface area (Å²) in [6.45, 7) is 1.84. The van der Waals surface area contributed by atoms with E-state index in [1.807, 2.05) is 13.0 Å². The Kier molecular flexibility index (Phi) is 3.28. The molecule has 0 fully saturated rings. The van der Waals surface area contributed by atoms with Crippen molar-refractivity contribution < 1.29 is 4.39 Å². The summed E-state index contributed by atoms with van der Waals surface area (Å²) in [7, 11) is 0. The summed E-state index contributed by atoms with van der Waals surface area (Å²) in [4.78, 5) is 4.09. The first-order valence-corrected chi connectivity index (χ1v) is 5.80. The van der Waals surface area contributed by atoms with Gasteiger partial charge in [-0.2, -0.15) is 0 Å². The predicted octanol–water partition coefficient (Wildman–Crippen LogP) is 3.62. The highest BCUT2D eigenvalue weighted by Gasteiger charge is 2.06. The van der Waals surface area contributed by atoms with E-state index in [4.69, 9.17) is 5.73 Å². The van der Waals surface area contributed by atoms with Gasteiger partial charge in [-0.05, 0) is 46.6 Å². The normalized spacial score (nSPS) is 10.3. The molecule has 17 heavy (non-hydrogen) atoms. The van der Waals surface area contributed by atoms with E-state index in [9.17, 15) is 4.39 Å². The molecule has 3 nitrogen and oxygen atoms in total. The van der Waals surface area contributed by atoms with Crippen molar-refractivity contribution in [2.75, 3.05) is 11.1 Å². The fourth-order valence-electron chi connectivity index (χ4n) is 1.39.